The molecule has 1 aliphatic rings. The highest BCUT2D eigenvalue weighted by molar-refractivity contribution is 5.82. The molecule has 0 aliphatic carbocycles. The molecule has 3 nitrogen and oxygen atoms in total. The number of rotatable bonds is 3. The van der Waals surface area contributed by atoms with Gasteiger partial charge in [-0.05, 0) is 50.8 Å². The fourth-order valence-electron chi connectivity index (χ4n) is 3.17. The van der Waals surface area contributed by atoms with Crippen LogP contribution in [0.2, 0.25) is 0 Å². The second kappa shape index (κ2) is 6.11. The number of carbonyl (C=O) groups is 1. The Balaban J connectivity index is 2.29. The van der Waals surface area contributed by atoms with Crippen molar-refractivity contribution >= 4 is 5.91 Å². The Bertz CT molecular complexity index is 600. The minimum atomic E-state index is -4.74. The van der Waals surface area contributed by atoms with Crippen LogP contribution in [0.15, 0.2) is 18.2 Å². The average Bonchev–Trinajstić information content (AvgIpc) is 2.80. The van der Waals surface area contributed by atoms with E-state index >= 15 is 0 Å². The maximum atomic E-state index is 13.4. The molecule has 0 bridgehead atoms. The van der Waals surface area contributed by atoms with Gasteiger partial charge in [0.1, 0.15) is 5.82 Å². The van der Waals surface area contributed by atoms with E-state index in [1.165, 1.54) is 6.07 Å². The van der Waals surface area contributed by atoms with Gasteiger partial charge in [0, 0.05) is 12.1 Å². The van der Waals surface area contributed by atoms with Gasteiger partial charge in [0.05, 0.1) is 11.6 Å². The van der Waals surface area contributed by atoms with Gasteiger partial charge in [0.15, 0.2) is 0 Å². The molecule has 0 aromatic heterocycles. The predicted octanol–water partition coefficient (Wildman–Crippen LogP) is 3.12. The molecular formula is C16H20F4N2O. The van der Waals surface area contributed by atoms with Crippen LogP contribution in [0.5, 0.6) is 0 Å². The number of carbonyl (C=O) groups excluding carboxylic acids is 1. The van der Waals surface area contributed by atoms with E-state index in [-0.39, 0.29) is 12.3 Å². The number of likely N-dealkylation sites (tertiary alicyclic amines) is 1. The average molecular weight is 332 g/mol. The van der Waals surface area contributed by atoms with Gasteiger partial charge >= 0.3 is 6.18 Å². The number of nitrogens with zero attached hydrogens (tertiary/aromatic N) is 1. The maximum absolute atomic E-state index is 13.4. The molecule has 1 aromatic rings. The van der Waals surface area contributed by atoms with Crippen LogP contribution < -0.4 is 5.73 Å². The normalized spacial score (nSPS) is 23.2. The predicted molar refractivity (Wildman–Crippen MR) is 78.1 cm³/mol. The standard InChI is InChI=1S/C16H20F4N2O/c1-10(21)14(23)22-7-3-6-15(22,2)9-11-4-5-13(17)12(8-11)16(18,19)20/h4-5,8,10H,3,6-7,9,21H2,1-2H3/t10-,15?/m1/s1. The third kappa shape index (κ3) is 3.65. The minimum absolute atomic E-state index is 0.219. The van der Waals surface area contributed by atoms with Crippen molar-refractivity contribution in [3.63, 3.8) is 0 Å². The van der Waals surface area contributed by atoms with Gasteiger partial charge in [-0.1, -0.05) is 6.07 Å². The Morgan fingerprint density at radius 2 is 2.09 bits per heavy atom. The molecule has 7 heteroatoms. The number of amides is 1. The molecule has 1 aromatic carbocycles. The van der Waals surface area contributed by atoms with E-state index in [1.54, 1.807) is 11.8 Å². The Morgan fingerprint density at radius 3 is 2.65 bits per heavy atom. The van der Waals surface area contributed by atoms with Gasteiger partial charge in [-0.2, -0.15) is 13.2 Å². The first-order valence-electron chi connectivity index (χ1n) is 7.47. The summed E-state index contributed by atoms with van der Waals surface area (Å²) in [7, 11) is 0. The molecule has 0 radical (unpaired) electrons. The Morgan fingerprint density at radius 1 is 1.43 bits per heavy atom. The molecule has 1 amide bonds. The van der Waals surface area contributed by atoms with Crippen molar-refractivity contribution < 1.29 is 22.4 Å². The highest BCUT2D eigenvalue weighted by Gasteiger charge is 2.41. The summed E-state index contributed by atoms with van der Waals surface area (Å²) in [5, 5.41) is 0. The van der Waals surface area contributed by atoms with Crippen molar-refractivity contribution in [3.05, 3.63) is 35.1 Å². The quantitative estimate of drug-likeness (QED) is 0.865. The first-order valence-corrected chi connectivity index (χ1v) is 7.47. The van der Waals surface area contributed by atoms with E-state index in [2.05, 4.69) is 0 Å². The molecule has 128 valence electrons. The molecule has 1 aliphatic heterocycles. The number of alkyl halides is 3. The van der Waals surface area contributed by atoms with E-state index < -0.39 is 29.1 Å². The second-order valence-electron chi connectivity index (χ2n) is 6.37. The number of nitrogens with two attached hydrogens (primary N) is 1. The summed E-state index contributed by atoms with van der Waals surface area (Å²) in [6, 6.07) is 2.33. The molecule has 0 spiro atoms. The van der Waals surface area contributed by atoms with Gasteiger partial charge < -0.3 is 10.6 Å². The zero-order chi connectivity index (χ0) is 17.4. The molecule has 1 unspecified atom stereocenters. The largest absolute Gasteiger partial charge is 0.419 e. The van der Waals surface area contributed by atoms with Gasteiger partial charge in [0.25, 0.3) is 0 Å². The minimum Gasteiger partial charge on any atom is -0.336 e. The van der Waals surface area contributed by atoms with E-state index in [0.29, 0.717) is 18.5 Å². The molecule has 2 N–H and O–H groups in total. The molecule has 1 saturated heterocycles. The fourth-order valence-corrected chi connectivity index (χ4v) is 3.17. The third-order valence-electron chi connectivity index (χ3n) is 4.33. The first-order chi connectivity index (χ1) is 10.5. The van der Waals surface area contributed by atoms with Crippen LogP contribution in [0.1, 0.15) is 37.8 Å². The zero-order valence-electron chi connectivity index (χ0n) is 13.1. The van der Waals surface area contributed by atoms with E-state index in [4.69, 9.17) is 5.73 Å². The van der Waals surface area contributed by atoms with Gasteiger partial charge in [-0.15, -0.1) is 0 Å². The van der Waals surface area contributed by atoms with Crippen molar-refractivity contribution in [2.45, 2.75) is 50.9 Å². The van der Waals surface area contributed by atoms with Crippen LogP contribution in [0.4, 0.5) is 17.6 Å². The van der Waals surface area contributed by atoms with Crippen LogP contribution >= 0.6 is 0 Å². The van der Waals surface area contributed by atoms with Crippen molar-refractivity contribution in [1.82, 2.24) is 4.90 Å². The van der Waals surface area contributed by atoms with Crippen molar-refractivity contribution in [2.75, 3.05) is 6.54 Å². The van der Waals surface area contributed by atoms with Crippen LogP contribution in [-0.2, 0) is 17.4 Å². The van der Waals surface area contributed by atoms with Crippen LogP contribution in [0.3, 0.4) is 0 Å². The lowest BCUT2D eigenvalue weighted by atomic mass is 9.89. The smallest absolute Gasteiger partial charge is 0.336 e. The summed E-state index contributed by atoms with van der Waals surface area (Å²) < 4.78 is 51.9. The summed E-state index contributed by atoms with van der Waals surface area (Å²) in [5.41, 5.74) is 4.11. The Hall–Kier alpha value is -1.63. The first kappa shape index (κ1) is 17.7. The number of halogens is 4. The lowest BCUT2D eigenvalue weighted by molar-refractivity contribution is -0.140. The highest BCUT2D eigenvalue weighted by Crippen LogP contribution is 2.36. The molecule has 1 fully saturated rings. The number of hydrogen-bond acceptors (Lipinski definition) is 2. The molecule has 23 heavy (non-hydrogen) atoms. The second-order valence-corrected chi connectivity index (χ2v) is 6.37. The van der Waals surface area contributed by atoms with Gasteiger partial charge in [-0.3, -0.25) is 4.79 Å². The van der Waals surface area contributed by atoms with Crippen LogP contribution in [0, 0.1) is 5.82 Å². The van der Waals surface area contributed by atoms with Crippen molar-refractivity contribution in [3.8, 4) is 0 Å². The highest BCUT2D eigenvalue weighted by atomic mass is 19.4. The van der Waals surface area contributed by atoms with Crippen LogP contribution in [-0.4, -0.2) is 28.9 Å². The lowest BCUT2D eigenvalue weighted by Gasteiger charge is -2.36. The summed E-state index contributed by atoms with van der Waals surface area (Å²) >= 11 is 0. The van der Waals surface area contributed by atoms with Gasteiger partial charge in [-0.25, -0.2) is 4.39 Å². The Labute approximate surface area is 132 Å². The van der Waals surface area contributed by atoms with Crippen molar-refractivity contribution in [1.29, 1.82) is 0 Å². The fraction of sp³-hybridized carbons (Fsp3) is 0.562. The van der Waals surface area contributed by atoms with E-state index in [9.17, 15) is 22.4 Å². The van der Waals surface area contributed by atoms with E-state index in [1.807, 2.05) is 6.92 Å². The zero-order valence-corrected chi connectivity index (χ0v) is 13.1. The molecule has 0 saturated carbocycles. The summed E-state index contributed by atoms with van der Waals surface area (Å²) in [4.78, 5) is 13.8. The number of benzene rings is 1. The summed E-state index contributed by atoms with van der Waals surface area (Å²) in [6.07, 6.45) is -3.07. The molecule has 1 heterocycles. The monoisotopic (exact) mass is 332 g/mol. The summed E-state index contributed by atoms with van der Waals surface area (Å²) in [6.45, 7) is 3.95. The lowest BCUT2D eigenvalue weighted by Crippen LogP contribution is -2.51. The topological polar surface area (TPSA) is 46.3 Å². The summed E-state index contributed by atoms with van der Waals surface area (Å²) in [5.74, 6) is -1.51. The SMILES string of the molecule is C[C@@H](N)C(=O)N1CCCC1(C)Cc1ccc(F)c(C(F)(F)F)c1. The Kier molecular flexibility index (Phi) is 4.71. The number of hydrogen-bond donors (Lipinski definition) is 1. The van der Waals surface area contributed by atoms with Crippen LogP contribution in [0.25, 0.3) is 0 Å². The molecular weight excluding hydrogens is 312 g/mol. The molecule has 2 atom stereocenters. The van der Waals surface area contributed by atoms with E-state index in [0.717, 1.165) is 18.6 Å². The maximum Gasteiger partial charge on any atom is 0.419 e. The van der Waals surface area contributed by atoms with Gasteiger partial charge in [0.2, 0.25) is 5.91 Å². The van der Waals surface area contributed by atoms with Crippen molar-refractivity contribution in [2.24, 2.45) is 5.73 Å². The molecule has 2 rings (SSSR count). The third-order valence-corrected chi connectivity index (χ3v) is 4.33.